The fourth-order valence-corrected chi connectivity index (χ4v) is 4.18. The van der Waals surface area contributed by atoms with Gasteiger partial charge < -0.3 is 9.64 Å². The molecule has 0 saturated heterocycles. The second-order valence-corrected chi connectivity index (χ2v) is 7.86. The first kappa shape index (κ1) is 19.3. The molecule has 2 aromatic carbocycles. The zero-order chi connectivity index (χ0) is 20.2. The smallest absolute Gasteiger partial charge is 0.358 e. The Labute approximate surface area is 174 Å². The van der Waals surface area contributed by atoms with Crippen LogP contribution in [0.1, 0.15) is 34.1 Å². The molecule has 1 aliphatic heterocycles. The number of hydrogen-bond donors (Lipinski definition) is 0. The van der Waals surface area contributed by atoms with Crippen molar-refractivity contribution in [3.8, 4) is 10.6 Å². The Hall–Kier alpha value is -2.99. The molecule has 4 rings (SSSR count). The van der Waals surface area contributed by atoms with Gasteiger partial charge >= 0.3 is 5.97 Å². The van der Waals surface area contributed by atoms with Crippen molar-refractivity contribution >= 4 is 23.2 Å². The molecular formula is C23H22N2O3S. The molecule has 0 radical (unpaired) electrons. The lowest BCUT2D eigenvalue weighted by Gasteiger charge is -2.28. The average molecular weight is 407 g/mol. The van der Waals surface area contributed by atoms with E-state index in [1.54, 1.807) is 10.3 Å². The highest BCUT2D eigenvalue weighted by Crippen LogP contribution is 2.24. The topological polar surface area (TPSA) is 59.5 Å². The maximum atomic E-state index is 12.5. The van der Waals surface area contributed by atoms with Crippen molar-refractivity contribution in [2.75, 3.05) is 13.2 Å². The van der Waals surface area contributed by atoms with Crippen LogP contribution in [0.15, 0.2) is 53.9 Å². The lowest BCUT2D eigenvalue weighted by atomic mass is 10.00. The van der Waals surface area contributed by atoms with E-state index in [2.05, 4.69) is 30.1 Å². The number of aryl methyl sites for hydroxylation is 1. The van der Waals surface area contributed by atoms with Crippen LogP contribution in [0.5, 0.6) is 0 Å². The van der Waals surface area contributed by atoms with Crippen LogP contribution in [0.3, 0.4) is 0 Å². The zero-order valence-electron chi connectivity index (χ0n) is 16.3. The standard InChI is InChI=1S/C23H22N2O3S/c1-2-16-7-9-18(10-8-16)22-24-20(15-29-22)23(27)28-14-21(26)25-12-11-17-5-3-4-6-19(17)13-25/h3-10,15H,2,11-14H2,1H3. The minimum Gasteiger partial charge on any atom is -0.451 e. The molecule has 6 heteroatoms. The number of thiazole rings is 1. The summed E-state index contributed by atoms with van der Waals surface area (Å²) in [5, 5.41) is 2.44. The fraction of sp³-hybridized carbons (Fsp3) is 0.261. The van der Waals surface area contributed by atoms with E-state index in [1.165, 1.54) is 22.5 Å². The summed E-state index contributed by atoms with van der Waals surface area (Å²) in [6.07, 6.45) is 1.80. The molecule has 148 valence electrons. The predicted molar refractivity (Wildman–Crippen MR) is 113 cm³/mol. The molecule has 3 aromatic rings. The Bertz CT molecular complexity index is 1030. The molecule has 0 aliphatic carbocycles. The van der Waals surface area contributed by atoms with E-state index >= 15 is 0 Å². The van der Waals surface area contributed by atoms with Crippen molar-refractivity contribution in [3.05, 3.63) is 76.3 Å². The summed E-state index contributed by atoms with van der Waals surface area (Å²) in [6, 6.07) is 16.2. The highest BCUT2D eigenvalue weighted by atomic mass is 32.1. The highest BCUT2D eigenvalue weighted by molar-refractivity contribution is 7.13. The van der Waals surface area contributed by atoms with Gasteiger partial charge in [0.05, 0.1) is 0 Å². The molecule has 5 nitrogen and oxygen atoms in total. The third-order valence-electron chi connectivity index (χ3n) is 5.13. The number of aromatic nitrogens is 1. The monoisotopic (exact) mass is 406 g/mol. The molecule has 1 aromatic heterocycles. The van der Waals surface area contributed by atoms with Crippen molar-refractivity contribution in [2.45, 2.75) is 26.3 Å². The maximum Gasteiger partial charge on any atom is 0.358 e. The Balaban J connectivity index is 1.34. The second-order valence-electron chi connectivity index (χ2n) is 7.00. The van der Waals surface area contributed by atoms with E-state index in [0.717, 1.165) is 29.0 Å². The van der Waals surface area contributed by atoms with Gasteiger partial charge in [0.25, 0.3) is 5.91 Å². The van der Waals surface area contributed by atoms with E-state index in [1.807, 2.05) is 30.3 Å². The Kier molecular flexibility index (Phi) is 5.71. The second kappa shape index (κ2) is 8.57. The number of esters is 1. The number of carbonyl (C=O) groups excluding carboxylic acids is 2. The Morgan fingerprint density at radius 1 is 1.10 bits per heavy atom. The fourth-order valence-electron chi connectivity index (χ4n) is 3.38. The lowest BCUT2D eigenvalue weighted by Crippen LogP contribution is -2.38. The predicted octanol–water partition coefficient (Wildman–Crippen LogP) is 4.11. The molecule has 0 N–H and O–H groups in total. The number of ether oxygens (including phenoxy) is 1. The van der Waals surface area contributed by atoms with Gasteiger partial charge in [-0.05, 0) is 29.5 Å². The summed E-state index contributed by atoms with van der Waals surface area (Å²) < 4.78 is 5.23. The van der Waals surface area contributed by atoms with Crippen LogP contribution in [-0.4, -0.2) is 34.9 Å². The molecule has 1 amide bonds. The number of nitrogens with zero attached hydrogens (tertiary/aromatic N) is 2. The van der Waals surface area contributed by atoms with Crippen molar-refractivity contribution in [3.63, 3.8) is 0 Å². The van der Waals surface area contributed by atoms with Gasteiger partial charge in [-0.2, -0.15) is 0 Å². The maximum absolute atomic E-state index is 12.5. The van der Waals surface area contributed by atoms with Crippen LogP contribution in [0.2, 0.25) is 0 Å². The molecular weight excluding hydrogens is 384 g/mol. The number of rotatable bonds is 5. The minimum absolute atomic E-state index is 0.182. The summed E-state index contributed by atoms with van der Waals surface area (Å²) >= 11 is 1.39. The lowest BCUT2D eigenvalue weighted by molar-refractivity contribution is -0.135. The van der Waals surface area contributed by atoms with Gasteiger partial charge in [0.15, 0.2) is 12.3 Å². The molecule has 1 aliphatic rings. The van der Waals surface area contributed by atoms with Crippen LogP contribution < -0.4 is 0 Å². The SMILES string of the molecule is CCc1ccc(-c2nc(C(=O)OCC(=O)N3CCc4ccccc4C3)cs2)cc1. The van der Waals surface area contributed by atoms with E-state index in [-0.39, 0.29) is 18.2 Å². The summed E-state index contributed by atoms with van der Waals surface area (Å²) in [4.78, 5) is 30.9. The van der Waals surface area contributed by atoms with Crippen molar-refractivity contribution in [1.82, 2.24) is 9.88 Å². The summed E-state index contributed by atoms with van der Waals surface area (Å²) in [5.74, 6) is -0.748. The van der Waals surface area contributed by atoms with E-state index in [0.29, 0.717) is 13.1 Å². The van der Waals surface area contributed by atoms with E-state index in [9.17, 15) is 9.59 Å². The third-order valence-corrected chi connectivity index (χ3v) is 6.02. The molecule has 0 atom stereocenters. The van der Waals surface area contributed by atoms with Crippen molar-refractivity contribution < 1.29 is 14.3 Å². The first-order valence-corrected chi connectivity index (χ1v) is 10.6. The van der Waals surface area contributed by atoms with Crippen LogP contribution >= 0.6 is 11.3 Å². The zero-order valence-corrected chi connectivity index (χ0v) is 17.1. The van der Waals surface area contributed by atoms with Gasteiger partial charge in [-0.1, -0.05) is 55.5 Å². The number of benzene rings is 2. The largest absolute Gasteiger partial charge is 0.451 e. The van der Waals surface area contributed by atoms with Crippen molar-refractivity contribution in [2.24, 2.45) is 0 Å². The number of hydrogen-bond acceptors (Lipinski definition) is 5. The van der Waals surface area contributed by atoms with Crippen LogP contribution in [0.25, 0.3) is 10.6 Å². The van der Waals surface area contributed by atoms with Gasteiger partial charge in [-0.25, -0.2) is 9.78 Å². The third kappa shape index (κ3) is 4.38. The Morgan fingerprint density at radius 2 is 1.86 bits per heavy atom. The highest BCUT2D eigenvalue weighted by Gasteiger charge is 2.22. The summed E-state index contributed by atoms with van der Waals surface area (Å²) in [6.45, 7) is 3.04. The van der Waals surface area contributed by atoms with Gasteiger partial charge in [0.1, 0.15) is 5.01 Å². The molecule has 2 heterocycles. The van der Waals surface area contributed by atoms with Crippen LogP contribution in [0, 0.1) is 0 Å². The first-order valence-electron chi connectivity index (χ1n) is 9.70. The normalized spacial score (nSPS) is 13.1. The quantitative estimate of drug-likeness (QED) is 0.598. The molecule has 0 unspecified atom stereocenters. The van der Waals surface area contributed by atoms with Crippen LogP contribution in [0.4, 0.5) is 0 Å². The van der Waals surface area contributed by atoms with Crippen molar-refractivity contribution in [1.29, 1.82) is 0 Å². The summed E-state index contributed by atoms with van der Waals surface area (Å²) in [7, 11) is 0. The van der Waals surface area contributed by atoms with Gasteiger partial charge in [-0.3, -0.25) is 4.79 Å². The first-order chi connectivity index (χ1) is 14.1. The minimum atomic E-state index is -0.566. The van der Waals surface area contributed by atoms with Gasteiger partial charge in [0.2, 0.25) is 0 Å². The number of amides is 1. The summed E-state index contributed by atoms with van der Waals surface area (Å²) in [5.41, 5.74) is 4.88. The van der Waals surface area contributed by atoms with Gasteiger partial charge in [-0.15, -0.1) is 11.3 Å². The van der Waals surface area contributed by atoms with Crippen LogP contribution in [-0.2, 0) is 28.9 Å². The molecule has 0 fully saturated rings. The molecule has 29 heavy (non-hydrogen) atoms. The van der Waals surface area contributed by atoms with Gasteiger partial charge in [0, 0.05) is 24.0 Å². The molecule has 0 spiro atoms. The Morgan fingerprint density at radius 3 is 2.62 bits per heavy atom. The molecule has 0 saturated carbocycles. The number of fused-ring (bicyclic) bond motifs is 1. The van der Waals surface area contributed by atoms with E-state index in [4.69, 9.17) is 4.74 Å². The molecule has 0 bridgehead atoms. The van der Waals surface area contributed by atoms with E-state index < -0.39 is 5.97 Å². The number of carbonyl (C=O) groups is 2. The average Bonchev–Trinajstić information content (AvgIpc) is 3.27.